The molecule has 0 atom stereocenters. The Labute approximate surface area is 106 Å². The van der Waals surface area contributed by atoms with E-state index in [1.807, 2.05) is 48.5 Å². The summed E-state index contributed by atoms with van der Waals surface area (Å²) in [5.74, 6) is 0.690. The number of nitrogens with two attached hydrogens (primary N) is 1. The van der Waals surface area contributed by atoms with Gasteiger partial charge >= 0.3 is 0 Å². The van der Waals surface area contributed by atoms with Gasteiger partial charge in [0.25, 0.3) is 0 Å². The summed E-state index contributed by atoms with van der Waals surface area (Å²) in [7, 11) is 0. The summed E-state index contributed by atoms with van der Waals surface area (Å²) in [6.45, 7) is 0.184. The van der Waals surface area contributed by atoms with Gasteiger partial charge in [-0.1, -0.05) is 36.4 Å². The van der Waals surface area contributed by atoms with Gasteiger partial charge in [0.15, 0.2) is 0 Å². The molecule has 0 aliphatic heterocycles. The van der Waals surface area contributed by atoms with E-state index >= 15 is 0 Å². The van der Waals surface area contributed by atoms with Gasteiger partial charge in [0.05, 0.1) is 0 Å². The highest BCUT2D eigenvalue weighted by atomic mass is 19.1. The van der Waals surface area contributed by atoms with E-state index in [0.717, 1.165) is 16.7 Å². The Hall–Kier alpha value is -1.87. The van der Waals surface area contributed by atoms with Gasteiger partial charge in [-0.2, -0.15) is 0 Å². The fraction of sp³-hybridized carbons (Fsp3) is 0.200. The molecule has 2 aromatic carbocycles. The summed E-state index contributed by atoms with van der Waals surface area (Å²) >= 11 is 0. The van der Waals surface area contributed by atoms with E-state index in [9.17, 15) is 4.39 Å². The molecule has 0 fully saturated rings. The second-order valence-corrected chi connectivity index (χ2v) is 3.96. The molecule has 0 aromatic heterocycles. The van der Waals surface area contributed by atoms with Crippen molar-refractivity contribution in [1.29, 1.82) is 0 Å². The van der Waals surface area contributed by atoms with E-state index in [1.54, 1.807) is 0 Å². The molecular weight excluding hydrogens is 229 g/mol. The molecule has 18 heavy (non-hydrogen) atoms. The largest absolute Gasteiger partial charge is 0.491 e. The molecule has 0 bridgehead atoms. The smallest absolute Gasteiger partial charge is 0.123 e. The van der Waals surface area contributed by atoms with Crippen molar-refractivity contribution in [3.05, 3.63) is 54.1 Å². The summed E-state index contributed by atoms with van der Waals surface area (Å²) in [6, 6.07) is 15.7. The van der Waals surface area contributed by atoms with Crippen LogP contribution in [0.1, 0.15) is 5.56 Å². The molecule has 2 aromatic rings. The number of halogens is 1. The first-order valence-electron chi connectivity index (χ1n) is 5.91. The topological polar surface area (TPSA) is 35.2 Å². The lowest BCUT2D eigenvalue weighted by atomic mass is 10.0. The van der Waals surface area contributed by atoms with Gasteiger partial charge in [-0.25, -0.2) is 4.39 Å². The monoisotopic (exact) mass is 245 g/mol. The van der Waals surface area contributed by atoms with Crippen molar-refractivity contribution in [1.82, 2.24) is 0 Å². The highest BCUT2D eigenvalue weighted by molar-refractivity contribution is 5.64. The molecule has 3 heteroatoms. The lowest BCUT2D eigenvalue weighted by molar-refractivity contribution is 0.273. The van der Waals surface area contributed by atoms with E-state index in [1.165, 1.54) is 0 Å². The van der Waals surface area contributed by atoms with Crippen LogP contribution in [0.2, 0.25) is 0 Å². The van der Waals surface area contributed by atoms with Crippen molar-refractivity contribution in [2.75, 3.05) is 13.3 Å². The number of rotatable bonds is 5. The second-order valence-electron chi connectivity index (χ2n) is 3.96. The maximum atomic E-state index is 12.0. The van der Waals surface area contributed by atoms with Crippen LogP contribution in [0.5, 0.6) is 5.75 Å². The molecule has 2 N–H and O–H groups in total. The summed E-state index contributed by atoms with van der Waals surface area (Å²) in [4.78, 5) is 0. The van der Waals surface area contributed by atoms with Crippen molar-refractivity contribution in [3.63, 3.8) is 0 Å². The third kappa shape index (κ3) is 3.08. The Balaban J connectivity index is 2.12. The molecule has 0 saturated carbocycles. The second kappa shape index (κ2) is 6.17. The van der Waals surface area contributed by atoms with Crippen LogP contribution in [0.4, 0.5) is 4.39 Å². The molecule has 0 saturated heterocycles. The zero-order valence-corrected chi connectivity index (χ0v) is 10.1. The first-order valence-corrected chi connectivity index (χ1v) is 5.91. The predicted octanol–water partition coefficient (Wildman–Crippen LogP) is 3.16. The minimum absolute atomic E-state index is 0.102. The van der Waals surface area contributed by atoms with E-state index in [2.05, 4.69) is 0 Å². The number of benzene rings is 2. The van der Waals surface area contributed by atoms with Crippen LogP contribution in [-0.4, -0.2) is 13.3 Å². The zero-order chi connectivity index (χ0) is 12.8. The van der Waals surface area contributed by atoms with E-state index in [4.69, 9.17) is 10.5 Å². The maximum Gasteiger partial charge on any atom is 0.123 e. The Morgan fingerprint density at radius 2 is 1.44 bits per heavy atom. The lowest BCUT2D eigenvalue weighted by Gasteiger charge is -2.06. The van der Waals surface area contributed by atoms with E-state index in [-0.39, 0.29) is 6.61 Å². The summed E-state index contributed by atoms with van der Waals surface area (Å²) < 4.78 is 17.2. The van der Waals surface area contributed by atoms with Crippen molar-refractivity contribution >= 4 is 0 Å². The molecule has 2 nitrogen and oxygen atoms in total. The normalized spacial score (nSPS) is 10.3. The van der Waals surface area contributed by atoms with Gasteiger partial charge in [-0.05, 0) is 28.8 Å². The Bertz CT molecular complexity index is 479. The van der Waals surface area contributed by atoms with Crippen LogP contribution in [0.15, 0.2) is 48.5 Å². The lowest BCUT2D eigenvalue weighted by Crippen LogP contribution is -1.98. The van der Waals surface area contributed by atoms with Crippen LogP contribution in [0.25, 0.3) is 11.1 Å². The number of hydrogen-bond donors (Lipinski definition) is 1. The van der Waals surface area contributed by atoms with Crippen LogP contribution < -0.4 is 10.5 Å². The molecule has 0 spiro atoms. The molecule has 0 radical (unpaired) electrons. The first-order chi connectivity index (χ1) is 8.83. The van der Waals surface area contributed by atoms with Crippen molar-refractivity contribution in [2.24, 2.45) is 5.73 Å². The van der Waals surface area contributed by atoms with Gasteiger partial charge in [0.2, 0.25) is 0 Å². The Kier molecular flexibility index (Phi) is 4.31. The van der Waals surface area contributed by atoms with Crippen molar-refractivity contribution < 1.29 is 9.13 Å². The average molecular weight is 245 g/mol. The SMILES string of the molecule is NCc1ccc(-c2ccc(OCCF)cc2)cc1. The minimum Gasteiger partial charge on any atom is -0.491 e. The number of ether oxygens (including phenoxy) is 1. The van der Waals surface area contributed by atoms with Gasteiger partial charge in [-0.3, -0.25) is 0 Å². The van der Waals surface area contributed by atoms with Gasteiger partial charge < -0.3 is 10.5 Å². The quantitative estimate of drug-likeness (QED) is 0.878. The molecule has 0 amide bonds. The van der Waals surface area contributed by atoms with Crippen LogP contribution >= 0.6 is 0 Å². The third-order valence-corrected chi connectivity index (χ3v) is 2.72. The summed E-state index contributed by atoms with van der Waals surface area (Å²) in [6.07, 6.45) is 0. The van der Waals surface area contributed by atoms with Crippen LogP contribution in [-0.2, 0) is 6.54 Å². The highest BCUT2D eigenvalue weighted by Gasteiger charge is 1.99. The van der Waals surface area contributed by atoms with Crippen molar-refractivity contribution in [2.45, 2.75) is 6.54 Å². The molecule has 0 unspecified atom stereocenters. The van der Waals surface area contributed by atoms with E-state index < -0.39 is 6.67 Å². The Morgan fingerprint density at radius 1 is 0.889 bits per heavy atom. The van der Waals surface area contributed by atoms with Gasteiger partial charge in [-0.15, -0.1) is 0 Å². The molecule has 0 aliphatic carbocycles. The van der Waals surface area contributed by atoms with Crippen molar-refractivity contribution in [3.8, 4) is 16.9 Å². The molecule has 2 rings (SSSR count). The van der Waals surface area contributed by atoms with Crippen LogP contribution in [0.3, 0.4) is 0 Å². The average Bonchev–Trinajstić information content (AvgIpc) is 2.46. The maximum absolute atomic E-state index is 12.0. The summed E-state index contributed by atoms with van der Waals surface area (Å²) in [5.41, 5.74) is 8.90. The van der Waals surface area contributed by atoms with Gasteiger partial charge in [0.1, 0.15) is 19.0 Å². The molecule has 0 heterocycles. The molecular formula is C15H16FNO. The van der Waals surface area contributed by atoms with Gasteiger partial charge in [0, 0.05) is 6.54 Å². The van der Waals surface area contributed by atoms with E-state index in [0.29, 0.717) is 12.3 Å². The zero-order valence-electron chi connectivity index (χ0n) is 10.1. The molecule has 0 aliphatic rings. The molecule has 94 valence electrons. The number of alkyl halides is 1. The third-order valence-electron chi connectivity index (χ3n) is 2.72. The first kappa shape index (κ1) is 12.6. The number of hydrogen-bond acceptors (Lipinski definition) is 2. The highest BCUT2D eigenvalue weighted by Crippen LogP contribution is 2.22. The van der Waals surface area contributed by atoms with Crippen LogP contribution in [0, 0.1) is 0 Å². The minimum atomic E-state index is -0.470. The standard InChI is InChI=1S/C15H16FNO/c16-9-10-18-15-7-5-14(6-8-15)13-3-1-12(11-17)2-4-13/h1-8H,9-11,17H2. The summed E-state index contributed by atoms with van der Waals surface area (Å²) in [5, 5.41) is 0. The Morgan fingerprint density at radius 3 is 1.94 bits per heavy atom. The predicted molar refractivity (Wildman–Crippen MR) is 71.2 cm³/mol. The fourth-order valence-corrected chi connectivity index (χ4v) is 1.73. The fourth-order valence-electron chi connectivity index (χ4n) is 1.73.